The highest BCUT2D eigenvalue weighted by atomic mass is 19.1. The molecule has 0 radical (unpaired) electrons. The number of nitro benzene ring substituents is 1. The summed E-state index contributed by atoms with van der Waals surface area (Å²) in [5.74, 6) is -1.66. The van der Waals surface area contributed by atoms with Gasteiger partial charge in [-0.2, -0.15) is 0 Å². The molecule has 1 aromatic rings. The molecule has 1 aliphatic rings. The molecular weight excluding hydrogens is 279 g/mol. The first-order valence-electron chi connectivity index (χ1n) is 6.85. The summed E-state index contributed by atoms with van der Waals surface area (Å²) in [4.78, 5) is 21.4. The average Bonchev–Trinajstić information content (AvgIpc) is 2.87. The number of nitrogens with zero attached hydrogens (tertiary/aromatic N) is 1. The van der Waals surface area contributed by atoms with E-state index < -0.39 is 16.7 Å². The standard InChI is InChI=1S/C14H17FN2O4/c15-11-4-5-13(17(20)21)10(6-11)8-16-7-9-2-1-3-12(9)14(18)19/h4-6,9,12,16H,1-3,7-8H2,(H,18,19). The second-order valence-electron chi connectivity index (χ2n) is 5.30. The average molecular weight is 296 g/mol. The van der Waals surface area contributed by atoms with Crippen LogP contribution in [0, 0.1) is 27.8 Å². The van der Waals surface area contributed by atoms with Gasteiger partial charge in [-0.3, -0.25) is 14.9 Å². The van der Waals surface area contributed by atoms with Crippen LogP contribution in [0.4, 0.5) is 10.1 Å². The maximum atomic E-state index is 13.2. The topological polar surface area (TPSA) is 92.5 Å². The van der Waals surface area contributed by atoms with Crippen molar-refractivity contribution in [1.29, 1.82) is 0 Å². The van der Waals surface area contributed by atoms with Crippen LogP contribution < -0.4 is 5.32 Å². The number of nitrogens with one attached hydrogen (secondary N) is 1. The van der Waals surface area contributed by atoms with Gasteiger partial charge in [0.25, 0.3) is 5.69 Å². The number of carboxylic acid groups (broad SMARTS) is 1. The van der Waals surface area contributed by atoms with Crippen molar-refractivity contribution in [3.8, 4) is 0 Å². The van der Waals surface area contributed by atoms with Gasteiger partial charge in [0.15, 0.2) is 0 Å². The Labute approximate surface area is 121 Å². The molecule has 2 rings (SSSR count). The van der Waals surface area contributed by atoms with E-state index in [1.54, 1.807) is 0 Å². The van der Waals surface area contributed by atoms with Crippen LogP contribution in [0.1, 0.15) is 24.8 Å². The lowest BCUT2D eigenvalue weighted by molar-refractivity contribution is -0.385. The lowest BCUT2D eigenvalue weighted by Gasteiger charge is -2.16. The lowest BCUT2D eigenvalue weighted by Crippen LogP contribution is -2.28. The van der Waals surface area contributed by atoms with Gasteiger partial charge in [-0.05, 0) is 37.4 Å². The van der Waals surface area contributed by atoms with Gasteiger partial charge in [0.1, 0.15) is 5.82 Å². The fourth-order valence-corrected chi connectivity index (χ4v) is 2.87. The molecule has 0 saturated heterocycles. The third kappa shape index (κ3) is 3.75. The second-order valence-corrected chi connectivity index (χ2v) is 5.30. The Kier molecular flexibility index (Phi) is 4.85. The Balaban J connectivity index is 1.96. The summed E-state index contributed by atoms with van der Waals surface area (Å²) in [7, 11) is 0. The van der Waals surface area contributed by atoms with Gasteiger partial charge in [0.05, 0.1) is 10.8 Å². The molecule has 6 nitrogen and oxygen atoms in total. The first-order valence-corrected chi connectivity index (χ1v) is 6.85. The number of hydrogen-bond acceptors (Lipinski definition) is 4. The van der Waals surface area contributed by atoms with Gasteiger partial charge in [0, 0.05) is 18.2 Å². The van der Waals surface area contributed by atoms with Crippen LogP contribution in [0.3, 0.4) is 0 Å². The highest BCUT2D eigenvalue weighted by molar-refractivity contribution is 5.70. The predicted octanol–water partition coefficient (Wildman–Crippen LogP) is 2.32. The number of benzene rings is 1. The molecule has 21 heavy (non-hydrogen) atoms. The fourth-order valence-electron chi connectivity index (χ4n) is 2.87. The Morgan fingerprint density at radius 2 is 2.24 bits per heavy atom. The summed E-state index contributed by atoms with van der Waals surface area (Å²) in [6.07, 6.45) is 2.38. The SMILES string of the molecule is O=C(O)C1CCCC1CNCc1cc(F)ccc1[N+](=O)[O-]. The predicted molar refractivity (Wildman–Crippen MR) is 73.2 cm³/mol. The Bertz CT molecular complexity index is 550. The fraction of sp³-hybridized carbons (Fsp3) is 0.500. The normalized spacial score (nSPS) is 21.4. The third-order valence-electron chi connectivity index (χ3n) is 3.94. The van der Waals surface area contributed by atoms with Crippen LogP contribution >= 0.6 is 0 Å². The Morgan fingerprint density at radius 1 is 1.48 bits per heavy atom. The van der Waals surface area contributed by atoms with Crippen molar-refractivity contribution >= 4 is 11.7 Å². The summed E-state index contributed by atoms with van der Waals surface area (Å²) in [6, 6.07) is 3.33. The zero-order valence-electron chi connectivity index (χ0n) is 11.4. The summed E-state index contributed by atoms with van der Waals surface area (Å²) < 4.78 is 13.2. The Morgan fingerprint density at radius 3 is 2.90 bits per heavy atom. The van der Waals surface area contributed by atoms with Crippen LogP contribution in [0.5, 0.6) is 0 Å². The molecule has 0 amide bonds. The van der Waals surface area contributed by atoms with E-state index in [2.05, 4.69) is 5.32 Å². The van der Waals surface area contributed by atoms with Crippen LogP contribution in [-0.4, -0.2) is 22.5 Å². The zero-order valence-corrected chi connectivity index (χ0v) is 11.4. The van der Waals surface area contributed by atoms with Crippen LogP contribution in [0.2, 0.25) is 0 Å². The molecule has 0 aliphatic heterocycles. The molecule has 2 N–H and O–H groups in total. The molecule has 1 aliphatic carbocycles. The van der Waals surface area contributed by atoms with Crippen molar-refractivity contribution in [2.24, 2.45) is 11.8 Å². The maximum Gasteiger partial charge on any atom is 0.306 e. The molecule has 1 fully saturated rings. The van der Waals surface area contributed by atoms with E-state index in [4.69, 9.17) is 5.11 Å². The van der Waals surface area contributed by atoms with E-state index in [0.29, 0.717) is 13.0 Å². The molecule has 7 heteroatoms. The van der Waals surface area contributed by atoms with Gasteiger partial charge in [-0.15, -0.1) is 0 Å². The van der Waals surface area contributed by atoms with E-state index in [0.717, 1.165) is 31.0 Å². The molecule has 1 aromatic carbocycles. The number of nitro groups is 1. The molecule has 0 heterocycles. The summed E-state index contributed by atoms with van der Waals surface area (Å²) in [5, 5.41) is 23.0. The van der Waals surface area contributed by atoms with Gasteiger partial charge in [-0.25, -0.2) is 4.39 Å². The smallest absolute Gasteiger partial charge is 0.306 e. The number of hydrogen-bond donors (Lipinski definition) is 2. The molecule has 0 spiro atoms. The number of halogens is 1. The largest absolute Gasteiger partial charge is 0.481 e. The molecule has 0 bridgehead atoms. The molecule has 114 valence electrons. The van der Waals surface area contributed by atoms with Crippen LogP contribution in [-0.2, 0) is 11.3 Å². The minimum atomic E-state index is -0.795. The minimum absolute atomic E-state index is 0.0233. The molecule has 2 atom stereocenters. The minimum Gasteiger partial charge on any atom is -0.481 e. The summed E-state index contributed by atoms with van der Waals surface area (Å²) >= 11 is 0. The number of carboxylic acids is 1. The van der Waals surface area contributed by atoms with Crippen LogP contribution in [0.25, 0.3) is 0 Å². The van der Waals surface area contributed by atoms with Crippen molar-refractivity contribution in [3.63, 3.8) is 0 Å². The molecular formula is C14H17FN2O4. The van der Waals surface area contributed by atoms with Crippen molar-refractivity contribution in [2.75, 3.05) is 6.54 Å². The number of aliphatic carboxylic acids is 1. The van der Waals surface area contributed by atoms with Crippen molar-refractivity contribution in [2.45, 2.75) is 25.8 Å². The van der Waals surface area contributed by atoms with Gasteiger partial charge < -0.3 is 10.4 Å². The number of rotatable bonds is 6. The molecule has 2 unspecified atom stereocenters. The zero-order chi connectivity index (χ0) is 15.4. The van der Waals surface area contributed by atoms with Crippen molar-refractivity contribution in [3.05, 3.63) is 39.7 Å². The van der Waals surface area contributed by atoms with E-state index in [1.807, 2.05) is 0 Å². The first kappa shape index (κ1) is 15.4. The van der Waals surface area contributed by atoms with Crippen LogP contribution in [0.15, 0.2) is 18.2 Å². The van der Waals surface area contributed by atoms with Gasteiger partial charge in [-0.1, -0.05) is 6.42 Å². The second kappa shape index (κ2) is 6.62. The van der Waals surface area contributed by atoms with E-state index >= 15 is 0 Å². The highest BCUT2D eigenvalue weighted by Gasteiger charge is 2.32. The van der Waals surface area contributed by atoms with Crippen molar-refractivity contribution in [1.82, 2.24) is 5.32 Å². The summed E-state index contributed by atoms with van der Waals surface area (Å²) in [6.45, 7) is 0.613. The number of carbonyl (C=O) groups is 1. The molecule has 1 saturated carbocycles. The Hall–Kier alpha value is -2.02. The third-order valence-corrected chi connectivity index (χ3v) is 3.94. The highest BCUT2D eigenvalue weighted by Crippen LogP contribution is 2.31. The van der Waals surface area contributed by atoms with E-state index in [1.165, 1.54) is 0 Å². The van der Waals surface area contributed by atoms with Gasteiger partial charge in [0.2, 0.25) is 0 Å². The quantitative estimate of drug-likeness (QED) is 0.621. The van der Waals surface area contributed by atoms with Crippen molar-refractivity contribution < 1.29 is 19.2 Å². The van der Waals surface area contributed by atoms with E-state index in [-0.39, 0.29) is 29.6 Å². The first-order chi connectivity index (χ1) is 9.99. The summed E-state index contributed by atoms with van der Waals surface area (Å²) in [5.41, 5.74) is 0.134. The van der Waals surface area contributed by atoms with E-state index in [9.17, 15) is 19.3 Å². The monoisotopic (exact) mass is 296 g/mol. The maximum absolute atomic E-state index is 13.2. The lowest BCUT2D eigenvalue weighted by atomic mass is 9.96. The molecule has 0 aromatic heterocycles. The van der Waals surface area contributed by atoms with Gasteiger partial charge >= 0.3 is 5.97 Å².